The Morgan fingerprint density at radius 1 is 0.857 bits per heavy atom. The van der Waals surface area contributed by atoms with Crippen LogP contribution in [0.15, 0.2) is 0 Å². The summed E-state index contributed by atoms with van der Waals surface area (Å²) >= 11 is 3.34. The standard InChI is InChI=1S/C26H49N3O4S2/c1-23(2,3)33-21(31)19(16-35-25(7,8)9)29-22(32)26(13-11-12-14-26)17-28-20(30)18(27-10)15-34-24(4,5)6/h18-19,27H,11-17H2,1-10H3,(H,28,30)(H,29,32). The van der Waals surface area contributed by atoms with Gasteiger partial charge in [0.2, 0.25) is 11.8 Å². The minimum absolute atomic E-state index is 0.0583. The number of thioether (sulfide) groups is 2. The van der Waals surface area contributed by atoms with E-state index in [-0.39, 0.29) is 33.9 Å². The van der Waals surface area contributed by atoms with Gasteiger partial charge in [-0.1, -0.05) is 54.4 Å². The van der Waals surface area contributed by atoms with Crippen molar-refractivity contribution in [1.82, 2.24) is 16.0 Å². The van der Waals surface area contributed by atoms with Crippen molar-refractivity contribution in [3.63, 3.8) is 0 Å². The summed E-state index contributed by atoms with van der Waals surface area (Å²) in [4.78, 5) is 39.4. The van der Waals surface area contributed by atoms with E-state index in [2.05, 4.69) is 57.5 Å². The SMILES string of the molecule is CNC(CSC(C)(C)C)C(=O)NCC1(C(=O)NC(CSC(C)(C)C)C(=O)OC(C)(C)C)CCCC1. The molecule has 7 nitrogen and oxygen atoms in total. The number of carbonyl (C=O) groups is 3. The second kappa shape index (κ2) is 13.0. The maximum absolute atomic E-state index is 13.6. The monoisotopic (exact) mass is 531 g/mol. The van der Waals surface area contributed by atoms with E-state index >= 15 is 0 Å². The van der Waals surface area contributed by atoms with Crippen molar-refractivity contribution in [2.75, 3.05) is 25.1 Å². The highest BCUT2D eigenvalue weighted by molar-refractivity contribution is 8.00. The van der Waals surface area contributed by atoms with Crippen LogP contribution in [0.25, 0.3) is 0 Å². The Morgan fingerprint density at radius 3 is 1.77 bits per heavy atom. The first kappa shape index (κ1) is 32.1. The quantitative estimate of drug-likeness (QED) is 0.345. The molecule has 0 bridgehead atoms. The molecular weight excluding hydrogens is 482 g/mol. The first-order valence-corrected chi connectivity index (χ1v) is 14.6. The van der Waals surface area contributed by atoms with Gasteiger partial charge in [-0.05, 0) is 40.7 Å². The number of carbonyl (C=O) groups excluding carboxylic acids is 3. The van der Waals surface area contributed by atoms with E-state index in [0.717, 1.165) is 12.8 Å². The lowest BCUT2D eigenvalue weighted by Gasteiger charge is -2.32. The first-order valence-electron chi connectivity index (χ1n) is 12.6. The highest BCUT2D eigenvalue weighted by Gasteiger charge is 2.43. The van der Waals surface area contributed by atoms with E-state index in [4.69, 9.17) is 4.74 Å². The molecule has 2 unspecified atom stereocenters. The van der Waals surface area contributed by atoms with Crippen molar-refractivity contribution in [3.05, 3.63) is 0 Å². The Labute approximate surface area is 221 Å². The highest BCUT2D eigenvalue weighted by atomic mass is 32.2. The summed E-state index contributed by atoms with van der Waals surface area (Å²) in [5.74, 6) is 0.379. The van der Waals surface area contributed by atoms with Crippen LogP contribution in [0.4, 0.5) is 0 Å². The van der Waals surface area contributed by atoms with Crippen molar-refractivity contribution in [2.45, 2.75) is 115 Å². The Hall–Kier alpha value is -0.930. The lowest BCUT2D eigenvalue weighted by Crippen LogP contribution is -2.55. The number of rotatable bonds is 11. The van der Waals surface area contributed by atoms with Crippen LogP contribution < -0.4 is 16.0 Å². The van der Waals surface area contributed by atoms with Crippen molar-refractivity contribution in [1.29, 1.82) is 0 Å². The van der Waals surface area contributed by atoms with Gasteiger partial charge in [0.15, 0.2) is 0 Å². The average molecular weight is 532 g/mol. The Kier molecular flexibility index (Phi) is 12.0. The maximum atomic E-state index is 13.6. The second-order valence-corrected chi connectivity index (χ2v) is 16.1. The molecule has 1 rings (SSSR count). The molecule has 1 fully saturated rings. The van der Waals surface area contributed by atoms with Gasteiger partial charge in [-0.25, -0.2) is 4.79 Å². The van der Waals surface area contributed by atoms with Crippen molar-refractivity contribution in [2.24, 2.45) is 5.41 Å². The average Bonchev–Trinajstić information content (AvgIpc) is 3.17. The number of nitrogens with one attached hydrogen (secondary N) is 3. The fourth-order valence-electron chi connectivity index (χ4n) is 3.73. The van der Waals surface area contributed by atoms with Crippen LogP contribution in [0, 0.1) is 5.41 Å². The van der Waals surface area contributed by atoms with Crippen LogP contribution in [-0.4, -0.2) is 70.1 Å². The smallest absolute Gasteiger partial charge is 0.330 e. The molecule has 1 aliphatic carbocycles. The number of hydrogen-bond donors (Lipinski definition) is 3. The molecule has 35 heavy (non-hydrogen) atoms. The van der Waals surface area contributed by atoms with E-state index in [9.17, 15) is 14.4 Å². The molecule has 2 atom stereocenters. The summed E-state index contributed by atoms with van der Waals surface area (Å²) in [6, 6.07) is -1.08. The van der Waals surface area contributed by atoms with E-state index in [1.54, 1.807) is 30.6 Å². The van der Waals surface area contributed by atoms with Gasteiger partial charge in [-0.3, -0.25) is 9.59 Å². The van der Waals surface area contributed by atoms with Gasteiger partial charge in [0.1, 0.15) is 11.6 Å². The Bertz CT molecular complexity index is 718. The number of likely N-dealkylation sites (N-methyl/N-ethyl adjacent to an activating group) is 1. The third kappa shape index (κ3) is 12.2. The van der Waals surface area contributed by atoms with Crippen LogP contribution in [0.5, 0.6) is 0 Å². The molecule has 0 heterocycles. The summed E-state index contributed by atoms with van der Waals surface area (Å²) in [5, 5.41) is 9.13. The van der Waals surface area contributed by atoms with Crippen molar-refractivity contribution < 1.29 is 19.1 Å². The van der Waals surface area contributed by atoms with Crippen LogP contribution in [0.3, 0.4) is 0 Å². The van der Waals surface area contributed by atoms with Crippen LogP contribution in [0.2, 0.25) is 0 Å². The number of ether oxygens (including phenoxy) is 1. The van der Waals surface area contributed by atoms with E-state index < -0.39 is 23.0 Å². The number of amides is 2. The normalized spacial score (nSPS) is 18.0. The van der Waals surface area contributed by atoms with E-state index in [1.165, 1.54) is 0 Å². The van der Waals surface area contributed by atoms with Crippen LogP contribution in [-0.2, 0) is 19.1 Å². The minimum Gasteiger partial charge on any atom is -0.458 e. The molecule has 0 aromatic carbocycles. The third-order valence-electron chi connectivity index (χ3n) is 5.67. The Morgan fingerprint density at radius 2 is 1.34 bits per heavy atom. The molecule has 0 radical (unpaired) electrons. The summed E-state index contributed by atoms with van der Waals surface area (Å²) < 4.78 is 5.61. The van der Waals surface area contributed by atoms with Crippen molar-refractivity contribution >= 4 is 41.3 Å². The summed E-state index contributed by atoms with van der Waals surface area (Å²) in [7, 11) is 1.78. The molecular formula is C26H49N3O4S2. The molecule has 2 amide bonds. The molecule has 9 heteroatoms. The fourth-order valence-corrected chi connectivity index (χ4v) is 5.60. The number of esters is 1. The predicted molar refractivity (Wildman–Crippen MR) is 149 cm³/mol. The molecule has 0 saturated heterocycles. The van der Waals surface area contributed by atoms with Gasteiger partial charge in [-0.15, -0.1) is 0 Å². The first-order chi connectivity index (χ1) is 15.9. The molecule has 0 spiro atoms. The van der Waals surface area contributed by atoms with Gasteiger partial charge in [0, 0.05) is 27.5 Å². The maximum Gasteiger partial charge on any atom is 0.330 e. The molecule has 1 saturated carbocycles. The van der Waals surface area contributed by atoms with Gasteiger partial charge in [-0.2, -0.15) is 23.5 Å². The largest absolute Gasteiger partial charge is 0.458 e. The zero-order valence-electron chi connectivity index (χ0n) is 23.6. The molecule has 0 aromatic heterocycles. The third-order valence-corrected chi connectivity index (χ3v) is 8.40. The summed E-state index contributed by atoms with van der Waals surface area (Å²) in [6.07, 6.45) is 3.22. The fraction of sp³-hybridized carbons (Fsp3) is 0.885. The predicted octanol–water partition coefficient (Wildman–Crippen LogP) is 4.14. The minimum atomic E-state index is -0.743. The van der Waals surface area contributed by atoms with Crippen molar-refractivity contribution in [3.8, 4) is 0 Å². The van der Waals surface area contributed by atoms with Gasteiger partial charge in [0.05, 0.1) is 11.5 Å². The topological polar surface area (TPSA) is 96.5 Å². The molecule has 204 valence electrons. The molecule has 3 N–H and O–H groups in total. The number of hydrogen-bond acceptors (Lipinski definition) is 7. The lowest BCUT2D eigenvalue weighted by molar-refractivity contribution is -0.158. The molecule has 0 aliphatic heterocycles. The highest BCUT2D eigenvalue weighted by Crippen LogP contribution is 2.38. The van der Waals surface area contributed by atoms with E-state index in [0.29, 0.717) is 24.3 Å². The zero-order valence-corrected chi connectivity index (χ0v) is 25.2. The van der Waals surface area contributed by atoms with Crippen LogP contribution >= 0.6 is 23.5 Å². The molecule has 1 aliphatic rings. The summed E-state index contributed by atoms with van der Waals surface area (Å²) in [6.45, 7) is 18.3. The van der Waals surface area contributed by atoms with Gasteiger partial charge < -0.3 is 20.7 Å². The lowest BCUT2D eigenvalue weighted by atomic mass is 9.84. The van der Waals surface area contributed by atoms with E-state index in [1.807, 2.05) is 20.8 Å². The van der Waals surface area contributed by atoms with Gasteiger partial charge in [0.25, 0.3) is 0 Å². The Balaban J connectivity index is 2.93. The second-order valence-electron chi connectivity index (χ2n) is 12.5. The summed E-state index contributed by atoms with van der Waals surface area (Å²) in [5.41, 5.74) is -1.35. The zero-order chi connectivity index (χ0) is 27.1. The van der Waals surface area contributed by atoms with Crippen LogP contribution in [0.1, 0.15) is 88.0 Å². The molecule has 0 aromatic rings. The van der Waals surface area contributed by atoms with Gasteiger partial charge >= 0.3 is 5.97 Å².